The van der Waals surface area contributed by atoms with Crippen molar-refractivity contribution in [3.8, 4) is 11.8 Å². The zero-order valence-corrected chi connectivity index (χ0v) is 16.1. The van der Waals surface area contributed by atoms with Crippen LogP contribution in [0.25, 0.3) is 16.7 Å². The Labute approximate surface area is 171 Å². The van der Waals surface area contributed by atoms with Crippen molar-refractivity contribution in [1.82, 2.24) is 24.5 Å². The highest BCUT2D eigenvalue weighted by molar-refractivity contribution is 6.35. The number of fused-ring (bicyclic) bond motifs is 1. The third kappa shape index (κ3) is 3.26. The maximum Gasteiger partial charge on any atom is 0.224 e. The van der Waals surface area contributed by atoms with E-state index in [4.69, 9.17) is 23.1 Å². The average Bonchev–Trinajstić information content (AvgIpc) is 3.09. The number of pyridine rings is 2. The molecule has 5 N–H and O–H groups in total. The van der Waals surface area contributed by atoms with Crippen LogP contribution in [-0.2, 0) is 0 Å². The molecule has 4 heterocycles. The summed E-state index contributed by atoms with van der Waals surface area (Å²) in [5.41, 5.74) is 14.1. The van der Waals surface area contributed by atoms with Gasteiger partial charge in [0, 0.05) is 35.7 Å². The molecule has 0 amide bonds. The normalized spacial score (nSPS) is 11.9. The molecule has 1 atom stereocenters. The van der Waals surface area contributed by atoms with Gasteiger partial charge in [-0.1, -0.05) is 11.6 Å². The fourth-order valence-electron chi connectivity index (χ4n) is 3.17. The van der Waals surface area contributed by atoms with Crippen LogP contribution in [0.15, 0.2) is 43.0 Å². The lowest BCUT2D eigenvalue weighted by Gasteiger charge is -2.16. The van der Waals surface area contributed by atoms with Crippen LogP contribution < -0.4 is 16.8 Å². The van der Waals surface area contributed by atoms with E-state index < -0.39 is 0 Å². The van der Waals surface area contributed by atoms with E-state index in [1.807, 2.05) is 35.9 Å². The molecule has 0 aliphatic heterocycles. The van der Waals surface area contributed by atoms with Crippen molar-refractivity contribution < 1.29 is 0 Å². The first-order chi connectivity index (χ1) is 14.0. The van der Waals surface area contributed by atoms with Crippen LogP contribution in [-0.4, -0.2) is 24.5 Å². The van der Waals surface area contributed by atoms with Crippen LogP contribution in [0.4, 0.5) is 17.6 Å². The lowest BCUT2D eigenvalue weighted by molar-refractivity contribution is 0.874. The fourth-order valence-corrected chi connectivity index (χ4v) is 3.42. The molecule has 0 aliphatic rings. The van der Waals surface area contributed by atoms with Gasteiger partial charge in [0.15, 0.2) is 5.82 Å². The molecular formula is C19H16ClN9. The smallest absolute Gasteiger partial charge is 0.224 e. The number of nitriles is 1. The summed E-state index contributed by atoms with van der Waals surface area (Å²) in [6.45, 7) is 1.92. The van der Waals surface area contributed by atoms with Crippen molar-refractivity contribution in [3.63, 3.8) is 0 Å². The van der Waals surface area contributed by atoms with Crippen molar-refractivity contribution in [2.45, 2.75) is 13.0 Å². The number of anilines is 3. The van der Waals surface area contributed by atoms with Crippen LogP contribution in [0.3, 0.4) is 0 Å². The van der Waals surface area contributed by atoms with Crippen LogP contribution >= 0.6 is 11.6 Å². The van der Waals surface area contributed by atoms with Crippen LogP contribution in [0, 0.1) is 11.3 Å². The first kappa shape index (κ1) is 18.5. The number of aromatic nitrogens is 5. The molecule has 10 heteroatoms. The second-order valence-electron chi connectivity index (χ2n) is 6.32. The highest BCUT2D eigenvalue weighted by Gasteiger charge is 2.21. The zero-order chi connectivity index (χ0) is 20.5. The molecule has 0 fully saturated rings. The zero-order valence-electron chi connectivity index (χ0n) is 15.3. The van der Waals surface area contributed by atoms with E-state index in [2.05, 4.69) is 25.3 Å². The number of hydrogen-bond acceptors (Lipinski definition) is 8. The molecule has 0 saturated carbocycles. The van der Waals surface area contributed by atoms with E-state index in [1.165, 1.54) is 0 Å². The Bertz CT molecular complexity index is 1240. The minimum atomic E-state index is -0.289. The Kier molecular flexibility index (Phi) is 4.62. The van der Waals surface area contributed by atoms with Crippen molar-refractivity contribution in [1.29, 1.82) is 5.26 Å². The van der Waals surface area contributed by atoms with Crippen molar-refractivity contribution in [2.75, 3.05) is 16.8 Å². The Morgan fingerprint density at radius 1 is 1.17 bits per heavy atom. The molecule has 144 valence electrons. The molecule has 0 spiro atoms. The van der Waals surface area contributed by atoms with Crippen molar-refractivity contribution >= 4 is 40.2 Å². The molecule has 0 radical (unpaired) electrons. The number of nitrogens with two attached hydrogens (primary N) is 2. The van der Waals surface area contributed by atoms with E-state index in [-0.39, 0.29) is 29.2 Å². The summed E-state index contributed by atoms with van der Waals surface area (Å²) in [4.78, 5) is 16.5. The molecule has 29 heavy (non-hydrogen) atoms. The number of nitrogen functional groups attached to an aromatic ring is 2. The Morgan fingerprint density at radius 2 is 1.93 bits per heavy atom. The van der Waals surface area contributed by atoms with Gasteiger partial charge in [-0.2, -0.15) is 15.2 Å². The molecule has 4 aromatic rings. The molecule has 0 unspecified atom stereocenters. The highest BCUT2D eigenvalue weighted by Crippen LogP contribution is 2.34. The monoisotopic (exact) mass is 405 g/mol. The molecule has 0 aliphatic carbocycles. The van der Waals surface area contributed by atoms with E-state index in [1.54, 1.807) is 24.7 Å². The van der Waals surface area contributed by atoms with Gasteiger partial charge in [0.2, 0.25) is 5.95 Å². The van der Waals surface area contributed by atoms with Gasteiger partial charge in [0.1, 0.15) is 23.1 Å². The van der Waals surface area contributed by atoms with Crippen LogP contribution in [0.5, 0.6) is 0 Å². The van der Waals surface area contributed by atoms with Gasteiger partial charge in [0.25, 0.3) is 0 Å². The lowest BCUT2D eigenvalue weighted by Crippen LogP contribution is -2.13. The summed E-state index contributed by atoms with van der Waals surface area (Å²) in [6.07, 6.45) is 7.01. The van der Waals surface area contributed by atoms with Crippen LogP contribution in [0.2, 0.25) is 5.02 Å². The van der Waals surface area contributed by atoms with E-state index in [0.29, 0.717) is 10.7 Å². The van der Waals surface area contributed by atoms with Gasteiger partial charge in [0.05, 0.1) is 16.8 Å². The van der Waals surface area contributed by atoms with Crippen LogP contribution in [0.1, 0.15) is 24.1 Å². The quantitative estimate of drug-likeness (QED) is 0.469. The largest absolute Gasteiger partial charge is 0.382 e. The third-order valence-electron chi connectivity index (χ3n) is 4.49. The van der Waals surface area contributed by atoms with Gasteiger partial charge in [-0.3, -0.25) is 4.98 Å². The van der Waals surface area contributed by atoms with Gasteiger partial charge < -0.3 is 21.4 Å². The number of halogens is 1. The van der Waals surface area contributed by atoms with Crippen molar-refractivity contribution in [3.05, 3.63) is 59.1 Å². The molecule has 0 saturated heterocycles. The Morgan fingerprint density at radius 3 is 2.66 bits per heavy atom. The molecule has 4 aromatic heterocycles. The summed E-state index contributed by atoms with van der Waals surface area (Å²) in [5.74, 6) is 0.263. The summed E-state index contributed by atoms with van der Waals surface area (Å²) in [5, 5.41) is 14.0. The fraction of sp³-hybridized carbons (Fsp3) is 0.105. The van der Waals surface area contributed by atoms with Gasteiger partial charge in [-0.15, -0.1) is 0 Å². The van der Waals surface area contributed by atoms with Gasteiger partial charge >= 0.3 is 0 Å². The predicted molar refractivity (Wildman–Crippen MR) is 111 cm³/mol. The highest BCUT2D eigenvalue weighted by atomic mass is 35.5. The standard InChI is InChI=1S/C19H16ClN9/c1-10(26-17-12(8-21)16(22)27-19(23)28-17)13-9-29(11-2-5-24-6-3-11)18-15(13)14(20)4-7-25-18/h2-7,9-10H,1H3,(H5,22,23,26,27,28)/t10-/m0/s1. The summed E-state index contributed by atoms with van der Waals surface area (Å²) < 4.78 is 1.93. The van der Waals surface area contributed by atoms with Gasteiger partial charge in [-0.05, 0) is 25.1 Å². The first-order valence-corrected chi connectivity index (χ1v) is 9.03. The van der Waals surface area contributed by atoms with Gasteiger partial charge in [-0.25, -0.2) is 4.98 Å². The first-order valence-electron chi connectivity index (χ1n) is 8.65. The molecule has 4 rings (SSSR count). The molecule has 0 aromatic carbocycles. The second-order valence-corrected chi connectivity index (χ2v) is 6.73. The average molecular weight is 406 g/mol. The molecular weight excluding hydrogens is 390 g/mol. The summed E-state index contributed by atoms with van der Waals surface area (Å²) >= 11 is 6.51. The van der Waals surface area contributed by atoms with E-state index in [0.717, 1.165) is 16.6 Å². The maximum atomic E-state index is 9.41. The second kappa shape index (κ2) is 7.26. The van der Waals surface area contributed by atoms with E-state index in [9.17, 15) is 5.26 Å². The Balaban J connectivity index is 1.84. The predicted octanol–water partition coefficient (Wildman–Crippen LogP) is 3.07. The number of nitrogens with zero attached hydrogens (tertiary/aromatic N) is 6. The SMILES string of the molecule is C[C@H](Nc1nc(N)nc(N)c1C#N)c1cn(-c2ccncc2)c2nccc(Cl)c12. The Hall–Kier alpha value is -3.90. The minimum Gasteiger partial charge on any atom is -0.382 e. The van der Waals surface area contributed by atoms with E-state index >= 15 is 0 Å². The summed E-state index contributed by atoms with van der Waals surface area (Å²) in [7, 11) is 0. The topological polar surface area (TPSA) is 144 Å². The number of rotatable bonds is 4. The number of nitrogens with one attached hydrogen (secondary N) is 1. The lowest BCUT2D eigenvalue weighted by atomic mass is 10.1. The summed E-state index contributed by atoms with van der Waals surface area (Å²) in [6, 6.07) is 7.21. The number of hydrogen-bond donors (Lipinski definition) is 3. The third-order valence-corrected chi connectivity index (χ3v) is 4.81. The molecule has 0 bridgehead atoms. The van der Waals surface area contributed by atoms with Crippen molar-refractivity contribution in [2.24, 2.45) is 0 Å². The molecule has 9 nitrogen and oxygen atoms in total. The minimum absolute atomic E-state index is 0.0184. The maximum absolute atomic E-state index is 9.41.